The smallest absolute Gasteiger partial charge is 0.184 e. The average molecular weight is 292 g/mol. The molecule has 0 spiro atoms. The van der Waals surface area contributed by atoms with Gasteiger partial charge in [0, 0.05) is 18.5 Å². The topological polar surface area (TPSA) is 33.7 Å². The molecule has 2 unspecified atom stereocenters. The molecule has 20 heavy (non-hydrogen) atoms. The highest BCUT2D eigenvalue weighted by Gasteiger charge is 2.47. The van der Waals surface area contributed by atoms with E-state index in [0.717, 1.165) is 41.6 Å². The molecule has 1 saturated heterocycles. The van der Waals surface area contributed by atoms with Crippen LogP contribution < -0.4 is 14.8 Å². The van der Waals surface area contributed by atoms with Crippen molar-refractivity contribution in [2.24, 2.45) is 0 Å². The molecule has 0 radical (unpaired) electrons. The van der Waals surface area contributed by atoms with Crippen LogP contribution in [0.25, 0.3) is 0 Å². The number of fused-ring (bicyclic) bond motifs is 4. The van der Waals surface area contributed by atoms with Gasteiger partial charge in [0.25, 0.3) is 0 Å². The first-order chi connectivity index (χ1) is 9.57. The second-order valence-corrected chi connectivity index (χ2v) is 5.93. The lowest BCUT2D eigenvalue weighted by Crippen LogP contribution is -2.64. The molecule has 1 N–H and O–H groups in total. The summed E-state index contributed by atoms with van der Waals surface area (Å²) in [4.78, 5) is 2.16. The Balaban J connectivity index is 2.00. The predicted octanol–water partition coefficient (Wildman–Crippen LogP) is 2.84. The van der Waals surface area contributed by atoms with Crippen LogP contribution >= 0.6 is 12.2 Å². The van der Waals surface area contributed by atoms with Crippen molar-refractivity contribution in [1.82, 2.24) is 10.2 Å². The number of methoxy groups -OCH3 is 1. The van der Waals surface area contributed by atoms with Crippen LogP contribution in [0.2, 0.25) is 0 Å². The van der Waals surface area contributed by atoms with Crippen molar-refractivity contribution in [3.63, 3.8) is 0 Å². The van der Waals surface area contributed by atoms with Crippen molar-refractivity contribution >= 4 is 17.3 Å². The fourth-order valence-corrected chi connectivity index (χ4v) is 3.51. The first-order valence-corrected chi connectivity index (χ1v) is 7.43. The highest BCUT2D eigenvalue weighted by atomic mass is 32.1. The van der Waals surface area contributed by atoms with Crippen LogP contribution in [0.15, 0.2) is 18.2 Å². The Morgan fingerprint density at radius 1 is 1.55 bits per heavy atom. The molecule has 1 aromatic rings. The average Bonchev–Trinajstić information content (AvgIpc) is 2.43. The summed E-state index contributed by atoms with van der Waals surface area (Å²) in [6.45, 7) is 5.18. The normalized spacial score (nSPS) is 27.4. The minimum atomic E-state index is -0.357. The molecule has 2 bridgehead atoms. The van der Waals surface area contributed by atoms with Crippen molar-refractivity contribution in [3.05, 3.63) is 23.8 Å². The molecule has 2 atom stereocenters. The van der Waals surface area contributed by atoms with E-state index in [2.05, 4.69) is 24.1 Å². The fourth-order valence-electron chi connectivity index (χ4n) is 3.08. The minimum Gasteiger partial charge on any atom is -0.497 e. The summed E-state index contributed by atoms with van der Waals surface area (Å²) in [7, 11) is 1.68. The Bertz CT molecular complexity index is 549. The lowest BCUT2D eigenvalue weighted by atomic mass is 9.90. The second kappa shape index (κ2) is 4.81. The number of nitrogens with zero attached hydrogens (tertiary/aromatic N) is 1. The van der Waals surface area contributed by atoms with Crippen molar-refractivity contribution in [1.29, 1.82) is 0 Å². The first-order valence-electron chi connectivity index (χ1n) is 7.02. The van der Waals surface area contributed by atoms with Crippen molar-refractivity contribution < 1.29 is 9.47 Å². The summed E-state index contributed by atoms with van der Waals surface area (Å²) in [5, 5.41) is 4.21. The predicted molar refractivity (Wildman–Crippen MR) is 82.1 cm³/mol. The lowest BCUT2D eigenvalue weighted by molar-refractivity contribution is -0.0680. The van der Waals surface area contributed by atoms with Crippen LogP contribution in [0.3, 0.4) is 0 Å². The summed E-state index contributed by atoms with van der Waals surface area (Å²) >= 11 is 5.51. The third kappa shape index (κ3) is 2.00. The van der Waals surface area contributed by atoms with Crippen LogP contribution in [0, 0.1) is 0 Å². The summed E-state index contributed by atoms with van der Waals surface area (Å²) < 4.78 is 11.6. The maximum absolute atomic E-state index is 6.27. The fraction of sp³-hybridized carbons (Fsp3) is 0.533. The maximum atomic E-state index is 6.27. The molecule has 2 heterocycles. The second-order valence-electron chi connectivity index (χ2n) is 5.54. The van der Waals surface area contributed by atoms with Gasteiger partial charge in [-0.15, -0.1) is 0 Å². The Labute approximate surface area is 125 Å². The molecular formula is C15H20N2O2S. The molecule has 5 heteroatoms. The molecule has 1 fully saturated rings. The van der Waals surface area contributed by atoms with Gasteiger partial charge in [0.1, 0.15) is 11.5 Å². The van der Waals surface area contributed by atoms with Crippen molar-refractivity contribution in [2.45, 2.75) is 38.5 Å². The van der Waals surface area contributed by atoms with E-state index < -0.39 is 0 Å². The SMILES string of the molecule is CCCN1C(=S)NC2CC1(C)Oc1ccc(OC)cc12. The van der Waals surface area contributed by atoms with Gasteiger partial charge in [-0.3, -0.25) is 0 Å². The number of benzene rings is 1. The molecular weight excluding hydrogens is 272 g/mol. The van der Waals surface area contributed by atoms with Gasteiger partial charge in [0.05, 0.1) is 13.2 Å². The maximum Gasteiger partial charge on any atom is 0.184 e. The van der Waals surface area contributed by atoms with Gasteiger partial charge >= 0.3 is 0 Å². The van der Waals surface area contributed by atoms with Crippen LogP contribution in [0.4, 0.5) is 0 Å². The number of nitrogens with one attached hydrogen (secondary N) is 1. The molecule has 4 nitrogen and oxygen atoms in total. The van der Waals surface area contributed by atoms with Gasteiger partial charge in [-0.2, -0.15) is 0 Å². The minimum absolute atomic E-state index is 0.194. The Kier molecular flexibility index (Phi) is 3.24. The number of rotatable bonds is 3. The third-order valence-electron chi connectivity index (χ3n) is 4.07. The Hall–Kier alpha value is -1.49. The number of hydrogen-bond acceptors (Lipinski definition) is 3. The summed E-state index contributed by atoms with van der Waals surface area (Å²) in [6.07, 6.45) is 1.92. The summed E-state index contributed by atoms with van der Waals surface area (Å²) in [6, 6.07) is 6.15. The quantitative estimate of drug-likeness (QED) is 0.866. The summed E-state index contributed by atoms with van der Waals surface area (Å²) in [5.41, 5.74) is 0.769. The lowest BCUT2D eigenvalue weighted by Gasteiger charge is -2.52. The molecule has 0 amide bonds. The van der Waals surface area contributed by atoms with Gasteiger partial charge in [0.15, 0.2) is 10.8 Å². The van der Waals surface area contributed by atoms with Gasteiger partial charge in [-0.1, -0.05) is 6.92 Å². The zero-order valence-electron chi connectivity index (χ0n) is 12.1. The molecule has 3 rings (SSSR count). The largest absolute Gasteiger partial charge is 0.497 e. The van der Waals surface area contributed by atoms with Gasteiger partial charge in [-0.05, 0) is 43.8 Å². The Morgan fingerprint density at radius 3 is 3.05 bits per heavy atom. The standard InChI is InChI=1S/C15H20N2O2S/c1-4-7-17-14(20)16-12-9-15(17,2)19-13-6-5-10(18-3)8-11(12)13/h5-6,8,12H,4,7,9H2,1-3H3,(H,16,20). The Morgan fingerprint density at radius 2 is 2.35 bits per heavy atom. The van der Waals surface area contributed by atoms with E-state index in [-0.39, 0.29) is 11.8 Å². The highest BCUT2D eigenvalue weighted by molar-refractivity contribution is 7.80. The monoisotopic (exact) mass is 292 g/mol. The van der Waals surface area contributed by atoms with E-state index in [4.69, 9.17) is 21.7 Å². The van der Waals surface area contributed by atoms with Gasteiger partial charge in [0.2, 0.25) is 0 Å². The zero-order valence-corrected chi connectivity index (χ0v) is 12.9. The van der Waals surface area contributed by atoms with E-state index in [1.54, 1.807) is 7.11 Å². The zero-order chi connectivity index (χ0) is 14.3. The summed E-state index contributed by atoms with van der Waals surface area (Å²) in [5.74, 6) is 1.76. The molecule has 2 aliphatic rings. The number of thiocarbonyl (C=S) groups is 1. The van der Waals surface area contributed by atoms with E-state index in [1.807, 2.05) is 18.2 Å². The molecule has 0 aromatic heterocycles. The van der Waals surface area contributed by atoms with Crippen molar-refractivity contribution in [3.8, 4) is 11.5 Å². The molecule has 0 aliphatic carbocycles. The highest BCUT2D eigenvalue weighted by Crippen LogP contribution is 2.45. The van der Waals surface area contributed by atoms with Gasteiger partial charge < -0.3 is 19.7 Å². The van der Waals surface area contributed by atoms with E-state index >= 15 is 0 Å². The molecule has 0 saturated carbocycles. The van der Waals surface area contributed by atoms with E-state index in [1.165, 1.54) is 0 Å². The molecule has 108 valence electrons. The third-order valence-corrected chi connectivity index (χ3v) is 4.40. The van der Waals surface area contributed by atoms with Crippen LogP contribution in [0.5, 0.6) is 11.5 Å². The van der Waals surface area contributed by atoms with Crippen LogP contribution in [-0.2, 0) is 0 Å². The first kappa shape index (κ1) is 13.5. The number of ether oxygens (including phenoxy) is 2. The van der Waals surface area contributed by atoms with Crippen LogP contribution in [-0.4, -0.2) is 29.4 Å². The molecule has 1 aromatic carbocycles. The molecule has 2 aliphatic heterocycles. The number of hydrogen-bond donors (Lipinski definition) is 1. The van der Waals surface area contributed by atoms with Crippen LogP contribution in [0.1, 0.15) is 38.3 Å². The van der Waals surface area contributed by atoms with E-state index in [9.17, 15) is 0 Å². The van der Waals surface area contributed by atoms with Gasteiger partial charge in [-0.25, -0.2) is 0 Å². The van der Waals surface area contributed by atoms with Crippen molar-refractivity contribution in [2.75, 3.05) is 13.7 Å². The van der Waals surface area contributed by atoms with E-state index in [0.29, 0.717) is 0 Å².